The van der Waals surface area contributed by atoms with Crippen LogP contribution in [-0.4, -0.2) is 26.7 Å². The first-order valence-electron chi connectivity index (χ1n) is 9.70. The summed E-state index contributed by atoms with van der Waals surface area (Å²) in [4.78, 5) is 23.3. The van der Waals surface area contributed by atoms with E-state index in [4.69, 9.17) is 0 Å². The van der Waals surface area contributed by atoms with Gasteiger partial charge in [0.05, 0.1) is 16.6 Å². The van der Waals surface area contributed by atoms with Crippen molar-refractivity contribution in [1.29, 1.82) is 0 Å². The Morgan fingerprint density at radius 2 is 1.89 bits per heavy atom. The molecule has 0 saturated heterocycles. The maximum absolute atomic E-state index is 11.9. The van der Waals surface area contributed by atoms with Crippen LogP contribution in [0.25, 0.3) is 10.9 Å². The monoisotopic (exact) mass is 377 g/mol. The van der Waals surface area contributed by atoms with Gasteiger partial charge in [-0.05, 0) is 60.9 Å². The zero-order valence-corrected chi connectivity index (χ0v) is 15.8. The Hall–Kier alpha value is -3.08. The Balaban J connectivity index is 1.95. The van der Waals surface area contributed by atoms with Crippen LogP contribution in [0.15, 0.2) is 42.5 Å². The first kappa shape index (κ1) is 18.3. The van der Waals surface area contributed by atoms with Gasteiger partial charge in [0, 0.05) is 17.6 Å². The molecular formula is C23H23NO4. The van der Waals surface area contributed by atoms with Crippen molar-refractivity contribution in [3.63, 3.8) is 0 Å². The summed E-state index contributed by atoms with van der Waals surface area (Å²) in [6.45, 7) is 2.65. The Bertz CT molecular complexity index is 1080. The molecule has 5 heteroatoms. The van der Waals surface area contributed by atoms with Crippen LogP contribution < -0.4 is 0 Å². The highest BCUT2D eigenvalue weighted by Gasteiger charge is 2.28. The minimum Gasteiger partial charge on any atom is -0.478 e. The third kappa shape index (κ3) is 2.97. The first-order valence-corrected chi connectivity index (χ1v) is 9.70. The number of benzene rings is 2. The normalized spacial score (nSPS) is 16.1. The zero-order chi connectivity index (χ0) is 19.8. The molecule has 28 heavy (non-hydrogen) atoms. The van der Waals surface area contributed by atoms with Gasteiger partial charge in [-0.2, -0.15) is 0 Å². The van der Waals surface area contributed by atoms with Crippen LogP contribution in [0.4, 0.5) is 0 Å². The molecule has 2 aromatic carbocycles. The standard InChI is InChI=1S/C23H23NO4/c1-2-15-7-4-11-19-20(15)17-9-5-10-18(23(27)28)21(17)24(19)13-14-6-3-8-16(12-14)22(25)26/h3,5-6,8-10,12,15H,2,4,7,11,13H2,1H3,(H,25,26)(H,27,28). The van der Waals surface area contributed by atoms with Gasteiger partial charge in [-0.25, -0.2) is 9.59 Å². The highest BCUT2D eigenvalue weighted by Crippen LogP contribution is 2.42. The predicted molar refractivity (Wildman–Crippen MR) is 107 cm³/mol. The number of nitrogens with zero attached hydrogens (tertiary/aromatic N) is 1. The number of carboxylic acids is 2. The maximum Gasteiger partial charge on any atom is 0.337 e. The van der Waals surface area contributed by atoms with E-state index in [-0.39, 0.29) is 5.56 Å². The zero-order valence-electron chi connectivity index (χ0n) is 15.8. The maximum atomic E-state index is 11.9. The topological polar surface area (TPSA) is 79.5 Å². The van der Waals surface area contributed by atoms with E-state index in [1.54, 1.807) is 24.3 Å². The molecule has 0 amide bonds. The molecule has 4 rings (SSSR count). The lowest BCUT2D eigenvalue weighted by Crippen LogP contribution is -2.13. The van der Waals surface area contributed by atoms with Crippen LogP contribution in [0.2, 0.25) is 0 Å². The summed E-state index contributed by atoms with van der Waals surface area (Å²) in [5, 5.41) is 20.1. The van der Waals surface area contributed by atoms with E-state index in [0.29, 0.717) is 18.0 Å². The van der Waals surface area contributed by atoms with E-state index < -0.39 is 11.9 Å². The number of aromatic carboxylic acids is 2. The van der Waals surface area contributed by atoms with Crippen LogP contribution in [0.5, 0.6) is 0 Å². The van der Waals surface area contributed by atoms with E-state index in [1.165, 1.54) is 11.3 Å². The van der Waals surface area contributed by atoms with Crippen molar-refractivity contribution < 1.29 is 19.8 Å². The Labute approximate surface area is 163 Å². The Kier molecular flexibility index (Phi) is 4.67. The van der Waals surface area contributed by atoms with Crippen molar-refractivity contribution >= 4 is 22.8 Å². The quantitative estimate of drug-likeness (QED) is 0.662. The van der Waals surface area contributed by atoms with Crippen LogP contribution in [0.1, 0.15) is 69.6 Å². The third-order valence-electron chi connectivity index (χ3n) is 5.85. The van der Waals surface area contributed by atoms with E-state index in [2.05, 4.69) is 11.5 Å². The second-order valence-corrected chi connectivity index (χ2v) is 7.46. The lowest BCUT2D eigenvalue weighted by Gasteiger charge is -2.23. The van der Waals surface area contributed by atoms with Gasteiger partial charge in [-0.15, -0.1) is 0 Å². The van der Waals surface area contributed by atoms with E-state index in [1.807, 2.05) is 18.2 Å². The van der Waals surface area contributed by atoms with E-state index in [0.717, 1.165) is 42.1 Å². The summed E-state index contributed by atoms with van der Waals surface area (Å²) in [6.07, 6.45) is 4.14. The fraction of sp³-hybridized carbons (Fsp3) is 0.304. The lowest BCUT2D eigenvalue weighted by atomic mass is 9.83. The van der Waals surface area contributed by atoms with Crippen LogP contribution in [-0.2, 0) is 13.0 Å². The molecular weight excluding hydrogens is 354 g/mol. The highest BCUT2D eigenvalue weighted by atomic mass is 16.4. The van der Waals surface area contributed by atoms with Crippen molar-refractivity contribution in [3.8, 4) is 0 Å². The molecule has 0 aliphatic heterocycles. The van der Waals surface area contributed by atoms with Crippen molar-refractivity contribution in [2.75, 3.05) is 0 Å². The molecule has 0 fully saturated rings. The van der Waals surface area contributed by atoms with Crippen LogP contribution >= 0.6 is 0 Å². The van der Waals surface area contributed by atoms with Crippen molar-refractivity contribution in [3.05, 3.63) is 70.4 Å². The van der Waals surface area contributed by atoms with Crippen LogP contribution in [0, 0.1) is 0 Å². The van der Waals surface area contributed by atoms with Crippen molar-refractivity contribution in [1.82, 2.24) is 4.57 Å². The molecule has 1 unspecified atom stereocenters. The van der Waals surface area contributed by atoms with E-state index in [9.17, 15) is 19.8 Å². The number of hydrogen-bond acceptors (Lipinski definition) is 2. The summed E-state index contributed by atoms with van der Waals surface area (Å²) in [5.74, 6) is -1.46. The molecule has 1 aromatic heterocycles. The lowest BCUT2D eigenvalue weighted by molar-refractivity contribution is 0.0687. The number of carboxylic acid groups (broad SMARTS) is 2. The average Bonchev–Trinajstić information content (AvgIpc) is 3.02. The molecule has 3 aromatic rings. The summed E-state index contributed by atoms with van der Waals surface area (Å²) >= 11 is 0. The molecule has 0 saturated carbocycles. The number of fused-ring (bicyclic) bond motifs is 3. The molecule has 0 radical (unpaired) electrons. The van der Waals surface area contributed by atoms with Gasteiger partial charge in [0.15, 0.2) is 0 Å². The molecule has 1 heterocycles. The fourth-order valence-corrected chi connectivity index (χ4v) is 4.61. The molecule has 1 aliphatic rings. The SMILES string of the molecule is CCC1CCCc2c1c1cccc(C(=O)O)c1n2Cc1cccc(C(=O)O)c1. The minimum atomic E-state index is -0.960. The average molecular weight is 377 g/mol. The van der Waals surface area contributed by atoms with E-state index >= 15 is 0 Å². The second-order valence-electron chi connectivity index (χ2n) is 7.46. The van der Waals surface area contributed by atoms with Gasteiger partial charge in [0.25, 0.3) is 0 Å². The summed E-state index contributed by atoms with van der Waals surface area (Å²) in [5.41, 5.74) is 4.63. The Morgan fingerprint density at radius 1 is 1.11 bits per heavy atom. The van der Waals surface area contributed by atoms with Gasteiger partial charge in [0.1, 0.15) is 0 Å². The van der Waals surface area contributed by atoms with Crippen molar-refractivity contribution in [2.45, 2.75) is 45.1 Å². The molecule has 144 valence electrons. The highest BCUT2D eigenvalue weighted by molar-refractivity contribution is 6.04. The molecule has 0 spiro atoms. The summed E-state index contributed by atoms with van der Waals surface area (Å²) < 4.78 is 2.11. The van der Waals surface area contributed by atoms with Crippen molar-refractivity contribution in [2.24, 2.45) is 0 Å². The molecule has 5 nitrogen and oxygen atoms in total. The second kappa shape index (κ2) is 7.15. The predicted octanol–water partition coefficient (Wildman–Crippen LogP) is 4.92. The number of rotatable bonds is 5. The molecule has 1 aliphatic carbocycles. The third-order valence-corrected chi connectivity index (χ3v) is 5.85. The fourth-order valence-electron chi connectivity index (χ4n) is 4.61. The van der Waals surface area contributed by atoms with Gasteiger partial charge < -0.3 is 14.8 Å². The minimum absolute atomic E-state index is 0.243. The smallest absolute Gasteiger partial charge is 0.337 e. The van der Waals surface area contributed by atoms with Gasteiger partial charge in [-0.3, -0.25) is 0 Å². The molecule has 1 atom stereocenters. The largest absolute Gasteiger partial charge is 0.478 e. The first-order chi connectivity index (χ1) is 13.5. The molecule has 2 N–H and O–H groups in total. The van der Waals surface area contributed by atoms with Crippen LogP contribution in [0.3, 0.4) is 0 Å². The summed E-state index contributed by atoms with van der Waals surface area (Å²) in [7, 11) is 0. The Morgan fingerprint density at radius 3 is 2.61 bits per heavy atom. The number of para-hydroxylation sites is 1. The molecule has 0 bridgehead atoms. The number of aromatic nitrogens is 1. The number of hydrogen-bond donors (Lipinski definition) is 2. The van der Waals surface area contributed by atoms with Gasteiger partial charge in [-0.1, -0.05) is 31.2 Å². The number of carbonyl (C=O) groups is 2. The van der Waals surface area contributed by atoms with Gasteiger partial charge in [0.2, 0.25) is 0 Å². The van der Waals surface area contributed by atoms with Gasteiger partial charge >= 0.3 is 11.9 Å². The summed E-state index contributed by atoms with van der Waals surface area (Å²) in [6, 6.07) is 12.4.